The summed E-state index contributed by atoms with van der Waals surface area (Å²) in [6, 6.07) is 3.87. The van der Waals surface area contributed by atoms with Crippen molar-refractivity contribution in [1.29, 1.82) is 0 Å². The van der Waals surface area contributed by atoms with Crippen molar-refractivity contribution >= 4 is 5.82 Å². The summed E-state index contributed by atoms with van der Waals surface area (Å²) in [5.74, 6) is 0.577. The van der Waals surface area contributed by atoms with Crippen molar-refractivity contribution in [3.8, 4) is 0 Å². The monoisotopic (exact) mass is 193 g/mol. The number of aromatic nitrogens is 1. The molecule has 4 heteroatoms. The van der Waals surface area contributed by atoms with Gasteiger partial charge in [-0.1, -0.05) is 6.07 Å². The molecule has 2 N–H and O–H groups in total. The van der Waals surface area contributed by atoms with Crippen LogP contribution in [0.4, 0.5) is 5.82 Å². The molecule has 1 atom stereocenters. The quantitative estimate of drug-likeness (QED) is 0.712. The van der Waals surface area contributed by atoms with Gasteiger partial charge in [0, 0.05) is 24.8 Å². The number of anilines is 1. The average Bonchev–Trinajstić information content (AvgIpc) is 2.18. The fourth-order valence-electron chi connectivity index (χ4n) is 1.67. The van der Waals surface area contributed by atoms with Gasteiger partial charge in [-0.25, -0.2) is 4.98 Å². The van der Waals surface area contributed by atoms with Crippen LogP contribution < -0.4 is 5.73 Å². The molecule has 0 bridgehead atoms. The topological polar surface area (TPSA) is 51.4 Å². The van der Waals surface area contributed by atoms with Crippen LogP contribution in [0.25, 0.3) is 0 Å². The third kappa shape index (κ3) is 1.86. The van der Waals surface area contributed by atoms with Gasteiger partial charge in [0.2, 0.25) is 0 Å². The van der Waals surface area contributed by atoms with Gasteiger partial charge in [-0.15, -0.1) is 0 Å². The van der Waals surface area contributed by atoms with Gasteiger partial charge in [-0.2, -0.15) is 0 Å². The number of ether oxygens (including phenoxy) is 1. The minimum absolute atomic E-state index is 0.0717. The predicted octanol–water partition coefficient (Wildman–Crippen LogP) is 0.667. The molecule has 1 aromatic heterocycles. The summed E-state index contributed by atoms with van der Waals surface area (Å²) in [5, 5.41) is 0. The molecule has 0 aromatic carbocycles. The highest BCUT2D eigenvalue weighted by Gasteiger charge is 2.21. The Kier molecular flexibility index (Phi) is 2.65. The van der Waals surface area contributed by atoms with E-state index in [1.165, 1.54) is 0 Å². The molecule has 1 aromatic rings. The zero-order valence-electron chi connectivity index (χ0n) is 8.31. The molecule has 0 spiro atoms. The number of likely N-dealkylation sites (N-methyl/N-ethyl adjacent to an activating group) is 1. The fourth-order valence-corrected chi connectivity index (χ4v) is 1.67. The van der Waals surface area contributed by atoms with Crippen LogP contribution >= 0.6 is 0 Å². The lowest BCUT2D eigenvalue weighted by atomic mass is 10.1. The van der Waals surface area contributed by atoms with Crippen molar-refractivity contribution in [3.63, 3.8) is 0 Å². The van der Waals surface area contributed by atoms with Crippen LogP contribution in [-0.4, -0.2) is 36.6 Å². The van der Waals surface area contributed by atoms with E-state index in [0.29, 0.717) is 5.82 Å². The molecule has 2 heterocycles. The van der Waals surface area contributed by atoms with E-state index in [4.69, 9.17) is 10.5 Å². The van der Waals surface area contributed by atoms with Crippen LogP contribution in [0.3, 0.4) is 0 Å². The predicted molar refractivity (Wildman–Crippen MR) is 54.8 cm³/mol. The van der Waals surface area contributed by atoms with Gasteiger partial charge in [0.25, 0.3) is 0 Å². The fraction of sp³-hybridized carbons (Fsp3) is 0.500. The summed E-state index contributed by atoms with van der Waals surface area (Å²) in [5.41, 5.74) is 6.79. The highest BCUT2D eigenvalue weighted by atomic mass is 16.5. The van der Waals surface area contributed by atoms with E-state index in [-0.39, 0.29) is 6.10 Å². The second kappa shape index (κ2) is 3.94. The van der Waals surface area contributed by atoms with Gasteiger partial charge in [0.1, 0.15) is 5.82 Å². The highest BCUT2D eigenvalue weighted by Crippen LogP contribution is 2.24. The third-order valence-corrected chi connectivity index (χ3v) is 2.49. The number of hydrogen-bond donors (Lipinski definition) is 1. The lowest BCUT2D eigenvalue weighted by Crippen LogP contribution is -2.35. The summed E-state index contributed by atoms with van der Waals surface area (Å²) < 4.78 is 5.65. The molecule has 76 valence electrons. The van der Waals surface area contributed by atoms with Gasteiger partial charge in [0.05, 0.1) is 12.7 Å². The maximum atomic E-state index is 5.79. The normalized spacial score (nSPS) is 23.6. The van der Waals surface area contributed by atoms with Crippen molar-refractivity contribution in [2.75, 3.05) is 32.5 Å². The van der Waals surface area contributed by atoms with E-state index in [9.17, 15) is 0 Å². The van der Waals surface area contributed by atoms with Crippen LogP contribution in [0.2, 0.25) is 0 Å². The number of rotatable bonds is 1. The lowest BCUT2D eigenvalue weighted by Gasteiger charge is -2.30. The summed E-state index contributed by atoms with van der Waals surface area (Å²) in [7, 11) is 2.09. The smallest absolute Gasteiger partial charge is 0.129 e. The summed E-state index contributed by atoms with van der Waals surface area (Å²) in [6.45, 7) is 2.63. The van der Waals surface area contributed by atoms with Gasteiger partial charge >= 0.3 is 0 Å². The molecule has 14 heavy (non-hydrogen) atoms. The molecule has 1 fully saturated rings. The van der Waals surface area contributed by atoms with Gasteiger partial charge in [0.15, 0.2) is 0 Å². The minimum Gasteiger partial charge on any atom is -0.383 e. The van der Waals surface area contributed by atoms with Crippen molar-refractivity contribution in [2.24, 2.45) is 0 Å². The number of nitrogens with two attached hydrogens (primary N) is 1. The van der Waals surface area contributed by atoms with Crippen LogP contribution in [0, 0.1) is 0 Å². The Morgan fingerprint density at radius 2 is 2.50 bits per heavy atom. The Bertz CT molecular complexity index is 316. The molecule has 0 saturated carbocycles. The SMILES string of the molecule is CN1CCOC(c2cccnc2N)C1. The molecule has 0 aliphatic carbocycles. The van der Waals surface area contributed by atoms with E-state index < -0.39 is 0 Å². The summed E-state index contributed by atoms with van der Waals surface area (Å²) in [4.78, 5) is 6.30. The number of morpholine rings is 1. The molecule has 0 amide bonds. The number of nitrogens with zero attached hydrogens (tertiary/aromatic N) is 2. The van der Waals surface area contributed by atoms with Crippen LogP contribution in [0.5, 0.6) is 0 Å². The first-order valence-electron chi connectivity index (χ1n) is 4.78. The second-order valence-electron chi connectivity index (χ2n) is 3.60. The van der Waals surface area contributed by atoms with Gasteiger partial charge < -0.3 is 15.4 Å². The highest BCUT2D eigenvalue weighted by molar-refractivity contribution is 5.40. The van der Waals surface area contributed by atoms with Crippen LogP contribution in [-0.2, 0) is 4.74 Å². The van der Waals surface area contributed by atoms with Gasteiger partial charge in [-0.05, 0) is 13.1 Å². The van der Waals surface area contributed by atoms with Gasteiger partial charge in [-0.3, -0.25) is 0 Å². The minimum atomic E-state index is 0.0717. The molecule has 0 radical (unpaired) electrons. The van der Waals surface area contributed by atoms with E-state index in [2.05, 4.69) is 16.9 Å². The standard InChI is InChI=1S/C10H15N3O/c1-13-5-6-14-9(7-13)8-3-2-4-12-10(8)11/h2-4,9H,5-7H2,1H3,(H2,11,12). The first kappa shape index (κ1) is 9.43. The number of nitrogen functional groups attached to an aromatic ring is 1. The van der Waals surface area contributed by atoms with Crippen molar-refractivity contribution < 1.29 is 4.74 Å². The average molecular weight is 193 g/mol. The van der Waals surface area contributed by atoms with Crippen molar-refractivity contribution in [2.45, 2.75) is 6.10 Å². The molecule has 1 saturated heterocycles. The third-order valence-electron chi connectivity index (χ3n) is 2.49. The zero-order chi connectivity index (χ0) is 9.97. The van der Waals surface area contributed by atoms with E-state index in [1.807, 2.05) is 12.1 Å². The first-order chi connectivity index (χ1) is 6.77. The van der Waals surface area contributed by atoms with Crippen LogP contribution in [0.1, 0.15) is 11.7 Å². The second-order valence-corrected chi connectivity index (χ2v) is 3.60. The number of pyridine rings is 1. The Labute approximate surface area is 83.7 Å². The molecular formula is C10H15N3O. The van der Waals surface area contributed by atoms with E-state index >= 15 is 0 Å². The first-order valence-corrected chi connectivity index (χ1v) is 4.78. The Morgan fingerprint density at radius 3 is 3.21 bits per heavy atom. The summed E-state index contributed by atoms with van der Waals surface area (Å²) in [6.07, 6.45) is 1.77. The molecule has 4 nitrogen and oxygen atoms in total. The van der Waals surface area contributed by atoms with Crippen LogP contribution in [0.15, 0.2) is 18.3 Å². The maximum Gasteiger partial charge on any atom is 0.129 e. The lowest BCUT2D eigenvalue weighted by molar-refractivity contribution is -0.0206. The molecule has 1 aliphatic heterocycles. The van der Waals surface area contributed by atoms with E-state index in [0.717, 1.165) is 25.3 Å². The van der Waals surface area contributed by atoms with Crippen molar-refractivity contribution in [1.82, 2.24) is 9.88 Å². The summed E-state index contributed by atoms with van der Waals surface area (Å²) >= 11 is 0. The van der Waals surface area contributed by atoms with Crippen molar-refractivity contribution in [3.05, 3.63) is 23.9 Å². The molecule has 2 rings (SSSR count). The molecule has 1 unspecified atom stereocenters. The number of hydrogen-bond acceptors (Lipinski definition) is 4. The zero-order valence-corrected chi connectivity index (χ0v) is 8.31. The Hall–Kier alpha value is -1.13. The van der Waals surface area contributed by atoms with E-state index in [1.54, 1.807) is 6.20 Å². The Morgan fingerprint density at radius 1 is 1.64 bits per heavy atom. The molecule has 1 aliphatic rings. The molecular weight excluding hydrogens is 178 g/mol. The Balaban J connectivity index is 2.18. The maximum absolute atomic E-state index is 5.79. The largest absolute Gasteiger partial charge is 0.383 e.